The van der Waals surface area contributed by atoms with Gasteiger partial charge in [-0.25, -0.2) is 14.8 Å². The van der Waals surface area contributed by atoms with Gasteiger partial charge in [-0.3, -0.25) is 10.1 Å². The number of carbonyl (C=O) groups is 2. The lowest BCUT2D eigenvalue weighted by atomic mass is 10.1. The van der Waals surface area contributed by atoms with E-state index in [0.29, 0.717) is 10.9 Å². The van der Waals surface area contributed by atoms with Crippen LogP contribution in [0.4, 0.5) is 4.79 Å². The quantitative estimate of drug-likeness (QED) is 0.486. The Morgan fingerprint density at radius 2 is 1.86 bits per heavy atom. The number of aromatic nitrogens is 2. The summed E-state index contributed by atoms with van der Waals surface area (Å²) in [5.41, 5.74) is 0.403. The summed E-state index contributed by atoms with van der Waals surface area (Å²) >= 11 is 2.88. The summed E-state index contributed by atoms with van der Waals surface area (Å²) in [6, 6.07) is 11.1. The average molecular weight is 415 g/mol. The van der Waals surface area contributed by atoms with Crippen LogP contribution in [-0.4, -0.2) is 32.7 Å². The van der Waals surface area contributed by atoms with Crippen molar-refractivity contribution in [3.8, 4) is 10.7 Å². The lowest BCUT2D eigenvalue weighted by Crippen LogP contribution is -2.49. The molecule has 1 atom stereocenters. The van der Waals surface area contributed by atoms with E-state index >= 15 is 0 Å². The second kappa shape index (κ2) is 8.28. The number of amides is 3. The maximum atomic E-state index is 12.5. The molecule has 0 unspecified atom stereocenters. The van der Waals surface area contributed by atoms with Crippen molar-refractivity contribution in [1.82, 2.24) is 20.6 Å². The van der Waals surface area contributed by atoms with Crippen LogP contribution < -0.4 is 10.6 Å². The van der Waals surface area contributed by atoms with Crippen molar-refractivity contribution in [2.45, 2.75) is 43.5 Å². The third-order valence-corrected chi connectivity index (χ3v) is 5.66. The van der Waals surface area contributed by atoms with Gasteiger partial charge in [0.1, 0.15) is 5.03 Å². The SMILES string of the molecule is C[C@@H](Sc1nc(-c2cccs2)nc2ccccc12)C(=O)NC(=O)NC(C)(C)C. The second-order valence-corrected chi connectivity index (χ2v) is 9.58. The highest BCUT2D eigenvalue weighted by molar-refractivity contribution is 8.00. The molecule has 0 saturated carbocycles. The zero-order valence-electron chi connectivity index (χ0n) is 16.1. The summed E-state index contributed by atoms with van der Waals surface area (Å²) < 4.78 is 0. The van der Waals surface area contributed by atoms with Crippen LogP contribution in [0.1, 0.15) is 27.7 Å². The Morgan fingerprint density at radius 3 is 2.54 bits per heavy atom. The number of urea groups is 1. The van der Waals surface area contributed by atoms with Crippen molar-refractivity contribution in [2.75, 3.05) is 0 Å². The number of fused-ring (bicyclic) bond motifs is 1. The largest absolute Gasteiger partial charge is 0.333 e. The van der Waals surface area contributed by atoms with Gasteiger partial charge in [-0.05, 0) is 45.2 Å². The summed E-state index contributed by atoms with van der Waals surface area (Å²) in [4.78, 5) is 34.7. The van der Waals surface area contributed by atoms with Crippen LogP contribution in [0.5, 0.6) is 0 Å². The number of thioether (sulfide) groups is 1. The topological polar surface area (TPSA) is 84.0 Å². The lowest BCUT2D eigenvalue weighted by molar-refractivity contribution is -0.119. The van der Waals surface area contributed by atoms with E-state index in [2.05, 4.69) is 20.6 Å². The van der Waals surface area contributed by atoms with Gasteiger partial charge in [-0.2, -0.15) is 0 Å². The van der Waals surface area contributed by atoms with Crippen LogP contribution in [0, 0.1) is 0 Å². The highest BCUT2D eigenvalue weighted by Gasteiger charge is 2.22. The van der Waals surface area contributed by atoms with Gasteiger partial charge in [0, 0.05) is 10.9 Å². The zero-order valence-corrected chi connectivity index (χ0v) is 17.8. The van der Waals surface area contributed by atoms with Crippen LogP contribution in [0.25, 0.3) is 21.6 Å². The molecule has 0 aliphatic carbocycles. The fourth-order valence-corrected chi connectivity index (χ4v) is 4.06. The molecule has 0 bridgehead atoms. The Hall–Kier alpha value is -2.45. The van der Waals surface area contributed by atoms with Crippen molar-refractivity contribution in [3.05, 3.63) is 41.8 Å². The Labute approximate surface area is 172 Å². The van der Waals surface area contributed by atoms with E-state index in [9.17, 15) is 9.59 Å². The number of hydrogen-bond acceptors (Lipinski definition) is 6. The first kappa shape index (κ1) is 20.3. The molecule has 0 radical (unpaired) electrons. The molecule has 2 aromatic heterocycles. The third-order valence-electron chi connectivity index (χ3n) is 3.69. The number of nitrogens with zero attached hydrogens (tertiary/aromatic N) is 2. The number of benzene rings is 1. The van der Waals surface area contributed by atoms with Crippen molar-refractivity contribution in [1.29, 1.82) is 0 Å². The molecule has 8 heteroatoms. The van der Waals surface area contributed by atoms with E-state index in [-0.39, 0.29) is 5.91 Å². The fraction of sp³-hybridized carbons (Fsp3) is 0.300. The Balaban J connectivity index is 1.83. The monoisotopic (exact) mass is 414 g/mol. The molecule has 0 aliphatic heterocycles. The predicted octanol–water partition coefficient (Wildman–Crippen LogP) is 4.46. The molecular formula is C20H22N4O2S2. The average Bonchev–Trinajstić information content (AvgIpc) is 3.14. The van der Waals surface area contributed by atoms with Crippen LogP contribution in [-0.2, 0) is 4.79 Å². The molecule has 3 aromatic rings. The number of thiophene rings is 1. The van der Waals surface area contributed by atoms with Crippen LogP contribution in [0.2, 0.25) is 0 Å². The molecule has 3 rings (SSSR count). The molecular weight excluding hydrogens is 392 g/mol. The maximum Gasteiger partial charge on any atom is 0.321 e. The molecule has 146 valence electrons. The van der Waals surface area contributed by atoms with Gasteiger partial charge in [0.05, 0.1) is 15.6 Å². The number of hydrogen-bond donors (Lipinski definition) is 2. The van der Waals surface area contributed by atoms with Crippen molar-refractivity contribution in [2.24, 2.45) is 0 Å². The Kier molecular flexibility index (Phi) is 6.00. The normalized spacial score (nSPS) is 12.6. The lowest BCUT2D eigenvalue weighted by Gasteiger charge is -2.21. The molecule has 0 saturated heterocycles. The van der Waals surface area contributed by atoms with Crippen LogP contribution in [0.15, 0.2) is 46.8 Å². The summed E-state index contributed by atoms with van der Waals surface area (Å²) in [5.74, 6) is 0.265. The van der Waals surface area contributed by atoms with Crippen molar-refractivity contribution in [3.63, 3.8) is 0 Å². The molecule has 1 aromatic carbocycles. The van der Waals surface area contributed by atoms with Gasteiger partial charge in [0.25, 0.3) is 0 Å². The molecule has 3 amide bonds. The number of para-hydroxylation sites is 1. The predicted molar refractivity (Wildman–Crippen MR) is 115 cm³/mol. The molecule has 2 N–H and O–H groups in total. The third kappa shape index (κ3) is 5.08. The Bertz CT molecular complexity index is 997. The standard InChI is InChI=1S/C20H22N4O2S2/c1-12(17(25)23-19(26)24-20(2,3)4)28-18-13-8-5-6-9-14(13)21-16(22-18)15-10-7-11-27-15/h5-12H,1-4H3,(H2,23,24,25,26)/t12-/m1/s1. The molecule has 2 heterocycles. The van der Waals surface area contributed by atoms with Crippen LogP contribution in [0.3, 0.4) is 0 Å². The number of rotatable bonds is 4. The zero-order chi connectivity index (χ0) is 20.3. The van der Waals surface area contributed by atoms with Gasteiger partial charge in [0.15, 0.2) is 5.82 Å². The molecule has 28 heavy (non-hydrogen) atoms. The maximum absolute atomic E-state index is 12.5. The summed E-state index contributed by atoms with van der Waals surface area (Å²) in [6.07, 6.45) is 0. The number of nitrogens with one attached hydrogen (secondary N) is 2. The van der Waals surface area contributed by atoms with E-state index in [1.807, 2.05) is 62.5 Å². The molecule has 0 fully saturated rings. The Morgan fingerprint density at radius 1 is 1.11 bits per heavy atom. The van der Waals surface area contributed by atoms with Crippen molar-refractivity contribution < 1.29 is 9.59 Å². The molecule has 6 nitrogen and oxygen atoms in total. The highest BCUT2D eigenvalue weighted by Crippen LogP contribution is 2.32. The van der Waals surface area contributed by atoms with E-state index in [0.717, 1.165) is 15.8 Å². The van der Waals surface area contributed by atoms with Crippen molar-refractivity contribution >= 4 is 45.9 Å². The first-order chi connectivity index (χ1) is 13.2. The van der Waals surface area contributed by atoms with E-state index in [4.69, 9.17) is 0 Å². The summed E-state index contributed by atoms with van der Waals surface area (Å²) in [5, 5.41) is 8.19. The van der Waals surface area contributed by atoms with E-state index < -0.39 is 16.8 Å². The minimum atomic E-state index is -0.503. The van der Waals surface area contributed by atoms with E-state index in [1.165, 1.54) is 11.8 Å². The smallest absolute Gasteiger partial charge is 0.321 e. The van der Waals surface area contributed by atoms with Gasteiger partial charge in [0.2, 0.25) is 5.91 Å². The van der Waals surface area contributed by atoms with Gasteiger partial charge >= 0.3 is 6.03 Å². The van der Waals surface area contributed by atoms with Gasteiger partial charge in [-0.15, -0.1) is 11.3 Å². The minimum Gasteiger partial charge on any atom is -0.333 e. The highest BCUT2D eigenvalue weighted by atomic mass is 32.2. The first-order valence-electron chi connectivity index (χ1n) is 8.83. The summed E-state index contributed by atoms with van der Waals surface area (Å²) in [6.45, 7) is 7.32. The minimum absolute atomic E-state index is 0.368. The number of carbonyl (C=O) groups excluding carboxylic acids is 2. The first-order valence-corrected chi connectivity index (χ1v) is 10.6. The van der Waals surface area contributed by atoms with Crippen LogP contribution >= 0.6 is 23.1 Å². The van der Waals surface area contributed by atoms with Gasteiger partial charge < -0.3 is 5.32 Å². The summed E-state index contributed by atoms with van der Waals surface area (Å²) in [7, 11) is 0. The number of imide groups is 1. The fourth-order valence-electron chi connectivity index (χ4n) is 2.46. The molecule has 0 aliphatic rings. The molecule has 0 spiro atoms. The van der Waals surface area contributed by atoms with E-state index in [1.54, 1.807) is 18.3 Å². The van der Waals surface area contributed by atoms with Gasteiger partial charge in [-0.1, -0.05) is 36.0 Å². The second-order valence-electron chi connectivity index (χ2n) is 7.30.